The van der Waals surface area contributed by atoms with Crippen LogP contribution in [0.1, 0.15) is 40.3 Å². The fourth-order valence-electron chi connectivity index (χ4n) is 14.3. The van der Waals surface area contributed by atoms with Gasteiger partial charge in [0.2, 0.25) is 23.8 Å². The fraction of sp³-hybridized carbons (Fsp3) is 0.0795. The standard InChI is InChI=1S/C35H26FN5.C34H22F2N4.C16H12FN5.C2H6O.CH5N/c1-37-33-22-24(21-32(36)40-33)30-18-17-28-29-23-38-20-19-31(29)41(34(28)39-30)35(25-11-5-2-6-12-25,26-13-7-3-8-14-26)27-15-9-4-10-16-27;35-31-20-23(21-32(36)39-31)29-17-16-27-28-22-37-19-18-30(28)40(33(27)38-29)34(24-10-4-1-5-11-24,25-12-6-2-7-13-25)26-14-8-3-9-15-26;1-18-15-7-9(6-14(17)22-15)12-3-2-10-11-8-19-5-4-13(11)21-16(10)20-12;1-2-3;1-2/h2-23H,1H3,(H,37,40);1-22H;2-8H,1H3,(H,18,22)(H,20,21);3H,2H2,1H3;2H2,1H3. The molecule has 18 rings (SSSR count). The van der Waals surface area contributed by atoms with E-state index in [2.05, 4.69) is 181 Å². The highest BCUT2D eigenvalue weighted by atomic mass is 19.1. The number of rotatable bonds is 13. The van der Waals surface area contributed by atoms with Crippen LogP contribution >= 0.6 is 0 Å². The van der Waals surface area contributed by atoms with Gasteiger partial charge in [-0.15, -0.1) is 0 Å². The molecule has 12 aromatic heterocycles. The summed E-state index contributed by atoms with van der Waals surface area (Å²) < 4.78 is 60.9. The highest BCUT2D eigenvalue weighted by molar-refractivity contribution is 6.09. The minimum atomic E-state index is -0.895. The molecule has 20 heteroatoms. The summed E-state index contributed by atoms with van der Waals surface area (Å²) in [5.74, 6) is -1.98. The number of nitrogens with zero attached hydrogens (tertiary/aromatic N) is 11. The third-order valence-corrected chi connectivity index (χ3v) is 18.7. The van der Waals surface area contributed by atoms with Crippen LogP contribution in [0, 0.1) is 23.8 Å². The molecule has 108 heavy (non-hydrogen) atoms. The Morgan fingerprint density at radius 3 is 1.02 bits per heavy atom. The second-order valence-electron chi connectivity index (χ2n) is 24.8. The zero-order valence-corrected chi connectivity index (χ0v) is 59.1. The molecule has 0 fully saturated rings. The molecule has 0 saturated heterocycles. The first-order valence-electron chi connectivity index (χ1n) is 34.8. The maximum absolute atomic E-state index is 14.5. The Kier molecular flexibility index (Phi) is 20.9. The fourth-order valence-corrected chi connectivity index (χ4v) is 14.3. The van der Waals surface area contributed by atoms with Gasteiger partial charge in [-0.05, 0) is 114 Å². The van der Waals surface area contributed by atoms with Crippen LogP contribution in [0.25, 0.3) is 99.6 Å². The highest BCUT2D eigenvalue weighted by Crippen LogP contribution is 2.48. The normalized spacial score (nSPS) is 11.3. The first-order valence-corrected chi connectivity index (χ1v) is 34.8. The second-order valence-corrected chi connectivity index (χ2v) is 24.8. The van der Waals surface area contributed by atoms with Crippen LogP contribution < -0.4 is 16.4 Å². The molecule has 0 spiro atoms. The second kappa shape index (κ2) is 31.7. The van der Waals surface area contributed by atoms with Gasteiger partial charge in [0.15, 0.2) is 0 Å². The quantitative estimate of drug-likeness (QED) is 0.0414. The molecule has 0 aliphatic carbocycles. The molecule has 0 bridgehead atoms. The van der Waals surface area contributed by atoms with Gasteiger partial charge in [0, 0.05) is 131 Å². The molecule has 0 unspecified atom stereocenters. The van der Waals surface area contributed by atoms with Gasteiger partial charge in [-0.1, -0.05) is 182 Å². The van der Waals surface area contributed by atoms with Gasteiger partial charge in [0.1, 0.15) is 39.7 Å². The average Bonchev–Trinajstić information content (AvgIpc) is 1.49. The number of anilines is 2. The van der Waals surface area contributed by atoms with Crippen molar-refractivity contribution in [2.45, 2.75) is 18.0 Å². The van der Waals surface area contributed by atoms with Gasteiger partial charge in [0.25, 0.3) is 0 Å². The zero-order valence-electron chi connectivity index (χ0n) is 59.1. The van der Waals surface area contributed by atoms with Gasteiger partial charge >= 0.3 is 0 Å². The largest absolute Gasteiger partial charge is 0.397 e. The van der Waals surface area contributed by atoms with Crippen LogP contribution in [-0.2, 0) is 11.1 Å². The molecule has 12 heterocycles. The molecule has 16 nitrogen and oxygen atoms in total. The van der Waals surface area contributed by atoms with Gasteiger partial charge in [-0.25, -0.2) is 24.9 Å². The summed E-state index contributed by atoms with van der Waals surface area (Å²) in [5, 5.41) is 19.1. The van der Waals surface area contributed by atoms with E-state index in [-0.39, 0.29) is 6.61 Å². The number of hydrogen-bond donors (Lipinski definition) is 5. The number of aliphatic hydroxyl groups is 1. The number of H-pyrrole nitrogens is 1. The summed E-state index contributed by atoms with van der Waals surface area (Å²) >= 11 is 0. The van der Waals surface area contributed by atoms with Crippen LogP contribution in [0.5, 0.6) is 0 Å². The topological polar surface area (TPSA) is 212 Å². The van der Waals surface area contributed by atoms with Gasteiger partial charge in [-0.2, -0.15) is 22.5 Å². The lowest BCUT2D eigenvalue weighted by Crippen LogP contribution is -2.37. The predicted molar refractivity (Wildman–Crippen MR) is 422 cm³/mol. The van der Waals surface area contributed by atoms with Crippen LogP contribution in [0.3, 0.4) is 0 Å². The summed E-state index contributed by atoms with van der Waals surface area (Å²) in [6.45, 7) is 1.93. The number of halogens is 4. The van der Waals surface area contributed by atoms with Gasteiger partial charge in [-0.3, -0.25) is 15.0 Å². The Bertz CT molecular complexity index is 5920. The van der Waals surface area contributed by atoms with Crippen molar-refractivity contribution in [1.82, 2.24) is 59.0 Å². The number of benzene rings is 6. The SMILES string of the molecule is CCO.CN.CNc1cc(-c2ccc3c(n2)[nH]c2ccncc23)cc(F)n1.CNc1cc(-c2ccc3c4cnccc4n(C(c4ccccc4)(c4ccccc4)c4ccccc4)c3n2)cc(F)n1.Fc1cc(-c2ccc3c4cnccc4n(C(c4ccccc4)(c4ccccc4)c4ccccc4)c3n2)cc(F)n1. The molecule has 0 amide bonds. The number of pyridine rings is 9. The van der Waals surface area contributed by atoms with Crippen LogP contribution in [0.15, 0.2) is 310 Å². The smallest absolute Gasteiger partial charge is 0.216 e. The molecule has 0 radical (unpaired) electrons. The van der Waals surface area contributed by atoms with Crippen molar-refractivity contribution in [3.63, 3.8) is 0 Å². The van der Waals surface area contributed by atoms with E-state index in [1.165, 1.54) is 31.3 Å². The molecule has 0 atom stereocenters. The van der Waals surface area contributed by atoms with Crippen molar-refractivity contribution in [2.24, 2.45) is 5.73 Å². The molecule has 0 saturated carbocycles. The number of aromatic nitrogens is 12. The Balaban J connectivity index is 0.000000137. The predicted octanol–water partition coefficient (Wildman–Crippen LogP) is 18.4. The lowest BCUT2D eigenvalue weighted by Gasteiger charge is -2.38. The molecular weight excluding hydrogens is 1360 g/mol. The summed E-state index contributed by atoms with van der Waals surface area (Å²) in [4.78, 5) is 42.2. The molecule has 18 aromatic rings. The third-order valence-electron chi connectivity index (χ3n) is 18.7. The molecule has 6 aromatic carbocycles. The molecule has 0 aliphatic heterocycles. The van der Waals surface area contributed by atoms with E-state index in [0.717, 1.165) is 93.5 Å². The van der Waals surface area contributed by atoms with Crippen molar-refractivity contribution in [3.8, 4) is 33.8 Å². The van der Waals surface area contributed by atoms with Gasteiger partial charge in [0.05, 0.1) is 33.6 Å². The van der Waals surface area contributed by atoms with Crippen LogP contribution in [-0.4, -0.2) is 91.8 Å². The summed E-state index contributed by atoms with van der Waals surface area (Å²) in [7, 11) is 4.92. The Morgan fingerprint density at radius 1 is 0.361 bits per heavy atom. The van der Waals surface area contributed by atoms with E-state index in [9.17, 15) is 17.6 Å². The summed E-state index contributed by atoms with van der Waals surface area (Å²) in [6, 6.07) is 88.8. The maximum atomic E-state index is 14.5. The number of hydrogen-bond acceptors (Lipinski definition) is 13. The first-order chi connectivity index (χ1) is 53.0. The van der Waals surface area contributed by atoms with Crippen molar-refractivity contribution < 1.29 is 22.7 Å². The summed E-state index contributed by atoms with van der Waals surface area (Å²) in [5.41, 5.74) is 17.7. The lowest BCUT2D eigenvalue weighted by molar-refractivity contribution is 0.318. The number of aliphatic hydroxyl groups excluding tert-OH is 1. The monoisotopic (exact) mass is 1430 g/mol. The van der Waals surface area contributed by atoms with E-state index in [4.69, 9.17) is 15.1 Å². The van der Waals surface area contributed by atoms with Crippen LogP contribution in [0.4, 0.5) is 29.2 Å². The van der Waals surface area contributed by atoms with Crippen molar-refractivity contribution in [2.75, 3.05) is 38.4 Å². The molecule has 532 valence electrons. The summed E-state index contributed by atoms with van der Waals surface area (Å²) in [6.07, 6.45) is 10.9. The lowest BCUT2D eigenvalue weighted by atomic mass is 9.76. The molecule has 0 aliphatic rings. The van der Waals surface area contributed by atoms with Crippen LogP contribution in [0.2, 0.25) is 0 Å². The van der Waals surface area contributed by atoms with Crippen molar-refractivity contribution in [3.05, 3.63) is 367 Å². The van der Waals surface area contributed by atoms with E-state index < -0.39 is 34.9 Å². The van der Waals surface area contributed by atoms with E-state index >= 15 is 0 Å². The maximum Gasteiger partial charge on any atom is 0.216 e. The number of nitrogens with two attached hydrogens (primary N) is 1. The first kappa shape index (κ1) is 71.3. The van der Waals surface area contributed by atoms with Crippen molar-refractivity contribution >= 4 is 77.4 Å². The highest BCUT2D eigenvalue weighted by Gasteiger charge is 2.43. The minimum absolute atomic E-state index is 0.250. The third kappa shape index (κ3) is 13.6. The Morgan fingerprint density at radius 2 is 0.667 bits per heavy atom. The average molecular weight is 1430 g/mol. The van der Waals surface area contributed by atoms with E-state index in [1.54, 1.807) is 51.7 Å². The Hall–Kier alpha value is -13.7. The zero-order chi connectivity index (χ0) is 74.7. The number of fused-ring (bicyclic) bond motifs is 9. The van der Waals surface area contributed by atoms with Crippen molar-refractivity contribution in [1.29, 1.82) is 0 Å². The van der Waals surface area contributed by atoms with Gasteiger partial charge < -0.3 is 35.6 Å². The Labute approximate surface area is 619 Å². The molecular formula is C88H71F4N15O. The molecule has 6 N–H and O–H groups in total. The number of nitrogens with one attached hydrogen (secondary N) is 3. The number of aromatic amines is 1. The van der Waals surface area contributed by atoms with E-state index in [0.29, 0.717) is 51.1 Å². The minimum Gasteiger partial charge on any atom is -0.397 e. The van der Waals surface area contributed by atoms with E-state index in [1.807, 2.05) is 140 Å².